The van der Waals surface area contributed by atoms with E-state index in [9.17, 15) is 40.3 Å². The number of rotatable bonds is 6. The van der Waals surface area contributed by atoms with Gasteiger partial charge in [-0.25, -0.2) is 4.79 Å². The van der Waals surface area contributed by atoms with Crippen LogP contribution in [-0.4, -0.2) is 67.7 Å². The average Bonchev–Trinajstić information content (AvgIpc) is 3.75. The molecule has 2 aromatic rings. The molecular formula is C33H28N4O9S4. The van der Waals surface area contributed by atoms with E-state index in [-0.39, 0.29) is 11.1 Å². The van der Waals surface area contributed by atoms with Gasteiger partial charge in [0.25, 0.3) is 11.8 Å². The minimum atomic E-state index is -4.69. The highest BCUT2D eigenvalue weighted by Gasteiger charge is 2.42. The molecule has 1 saturated carbocycles. The van der Waals surface area contributed by atoms with Crippen molar-refractivity contribution in [2.75, 3.05) is 23.9 Å². The van der Waals surface area contributed by atoms with Crippen molar-refractivity contribution in [3.05, 3.63) is 128 Å². The van der Waals surface area contributed by atoms with Crippen LogP contribution < -0.4 is 9.80 Å². The third-order valence-corrected chi connectivity index (χ3v) is 11.9. The van der Waals surface area contributed by atoms with E-state index in [0.717, 1.165) is 9.80 Å². The van der Waals surface area contributed by atoms with E-state index in [4.69, 9.17) is 0 Å². The molecule has 50 heavy (non-hydrogen) atoms. The van der Waals surface area contributed by atoms with Gasteiger partial charge < -0.3 is 0 Å². The lowest BCUT2D eigenvalue weighted by Crippen LogP contribution is -2.53. The van der Waals surface area contributed by atoms with Gasteiger partial charge >= 0.3 is 26.3 Å². The number of benzene rings is 2. The highest BCUT2D eigenvalue weighted by Crippen LogP contribution is 2.50. The molecule has 2 aromatic carbocycles. The number of hydrogen-bond donors (Lipinski definition) is 2. The standard InChI is InChI=1S/C33H28N4O9S4/c1-19(49(41,42)43)36-23-9-5-7-11-25(23)47-27(36)17-15-21-13-14-22(29(21)30-31(38)34(3)33(40)35(4)32(30)39)16-18-28-37(20(2)50(44,45)46)24-10-6-8-12-26(24)48-28/h5-12,15-18H,1-2,13-14H2,3-4H3,(H,41,42,43)(H,44,45,46)/b21-15-,22-16?,27-17-,28-18-. The molecule has 4 aliphatic rings. The van der Waals surface area contributed by atoms with Gasteiger partial charge in [0.15, 0.2) is 10.1 Å². The fourth-order valence-corrected chi connectivity index (χ4v) is 8.85. The van der Waals surface area contributed by atoms with E-state index in [2.05, 4.69) is 13.2 Å². The van der Waals surface area contributed by atoms with Crippen LogP contribution in [0.25, 0.3) is 0 Å². The van der Waals surface area contributed by atoms with Crippen molar-refractivity contribution in [1.82, 2.24) is 9.80 Å². The SMILES string of the molecule is C=C(N1/C(=C/C=C2CC/C(=C/C=C3\Sc4ccccc4N3C(=C)S(=O)(=O)O)C2=C2C(=O)N(C)C(=O)N(C)C2=O)Sc2ccccc21)S(=O)(=O)O. The van der Waals surface area contributed by atoms with Gasteiger partial charge in [-0.3, -0.25) is 38.3 Å². The summed E-state index contributed by atoms with van der Waals surface area (Å²) >= 11 is 2.45. The zero-order chi connectivity index (χ0) is 36.3. The Balaban J connectivity index is 1.49. The summed E-state index contributed by atoms with van der Waals surface area (Å²) in [5, 5.41) is -0.393. The highest BCUT2D eigenvalue weighted by molar-refractivity contribution is 8.04. The molecule has 0 bridgehead atoms. The molecule has 17 heteroatoms. The fourth-order valence-electron chi connectivity index (χ4n) is 5.74. The number of allylic oxidation sites excluding steroid dienone is 7. The molecule has 0 radical (unpaired) electrons. The molecule has 1 aliphatic carbocycles. The molecule has 0 aromatic heterocycles. The molecule has 4 amide bonds. The second-order valence-electron chi connectivity index (χ2n) is 11.2. The largest absolute Gasteiger partial charge is 0.333 e. The lowest BCUT2D eigenvalue weighted by molar-refractivity contribution is -0.134. The highest BCUT2D eigenvalue weighted by atomic mass is 32.2. The van der Waals surface area contributed by atoms with E-state index in [1.807, 2.05) is 0 Å². The van der Waals surface area contributed by atoms with Crippen LogP contribution in [0.5, 0.6) is 0 Å². The molecule has 3 heterocycles. The van der Waals surface area contributed by atoms with Gasteiger partial charge in [-0.05, 0) is 66.0 Å². The van der Waals surface area contributed by atoms with Crippen LogP contribution >= 0.6 is 23.5 Å². The Bertz CT molecular complexity index is 2160. The number of amides is 4. The number of carbonyl (C=O) groups excluding carboxylic acids is 3. The third-order valence-electron chi connectivity index (χ3n) is 8.20. The molecule has 6 rings (SSSR count). The monoisotopic (exact) mass is 752 g/mol. The molecule has 13 nitrogen and oxygen atoms in total. The summed E-state index contributed by atoms with van der Waals surface area (Å²) in [6.45, 7) is 7.16. The van der Waals surface area contributed by atoms with Gasteiger partial charge in [-0.15, -0.1) is 0 Å². The maximum atomic E-state index is 13.6. The Morgan fingerprint density at radius 1 is 0.660 bits per heavy atom. The van der Waals surface area contributed by atoms with Crippen molar-refractivity contribution in [2.24, 2.45) is 0 Å². The van der Waals surface area contributed by atoms with Gasteiger partial charge in [-0.2, -0.15) is 16.8 Å². The summed E-state index contributed by atoms with van der Waals surface area (Å²) in [5.41, 5.74) is 1.99. The maximum Gasteiger partial charge on any atom is 0.333 e. The summed E-state index contributed by atoms with van der Waals surface area (Å²) < 4.78 is 68.2. The van der Waals surface area contributed by atoms with E-state index < -0.39 is 48.1 Å². The summed E-state index contributed by atoms with van der Waals surface area (Å²) in [5.74, 6) is -1.64. The number of imide groups is 2. The molecule has 0 spiro atoms. The molecule has 2 fully saturated rings. The molecule has 0 unspecified atom stereocenters. The summed E-state index contributed by atoms with van der Waals surface area (Å²) in [6, 6.07) is 13.0. The minimum absolute atomic E-state index is 0.251. The summed E-state index contributed by atoms with van der Waals surface area (Å²) in [4.78, 5) is 45.4. The first kappa shape index (κ1) is 35.2. The van der Waals surface area contributed by atoms with Crippen LogP contribution in [0.4, 0.5) is 16.2 Å². The number of hydrogen-bond acceptors (Lipinski definition) is 11. The van der Waals surface area contributed by atoms with E-state index in [1.54, 1.807) is 72.8 Å². The minimum Gasteiger partial charge on any atom is -0.292 e. The lowest BCUT2D eigenvalue weighted by atomic mass is 9.95. The molecule has 2 N–H and O–H groups in total. The molecular weight excluding hydrogens is 725 g/mol. The first-order valence-electron chi connectivity index (χ1n) is 14.6. The van der Waals surface area contributed by atoms with Crippen LogP contribution in [0.1, 0.15) is 12.8 Å². The Morgan fingerprint density at radius 2 is 1.04 bits per heavy atom. The van der Waals surface area contributed by atoms with Crippen LogP contribution in [0, 0.1) is 0 Å². The van der Waals surface area contributed by atoms with Crippen LogP contribution in [0.2, 0.25) is 0 Å². The van der Waals surface area contributed by atoms with Crippen LogP contribution in [-0.2, 0) is 29.8 Å². The zero-order valence-electron chi connectivity index (χ0n) is 26.4. The number of barbiturate groups is 1. The number of fused-ring (bicyclic) bond motifs is 2. The van der Waals surface area contributed by atoms with Gasteiger partial charge in [-0.1, -0.05) is 73.1 Å². The van der Waals surface area contributed by atoms with E-state index >= 15 is 0 Å². The van der Waals surface area contributed by atoms with Gasteiger partial charge in [0.2, 0.25) is 0 Å². The van der Waals surface area contributed by atoms with Gasteiger partial charge in [0, 0.05) is 23.9 Å². The Labute approximate surface area is 296 Å². The number of thioether (sulfide) groups is 2. The number of urea groups is 1. The zero-order valence-corrected chi connectivity index (χ0v) is 29.7. The molecule has 3 aliphatic heterocycles. The van der Waals surface area contributed by atoms with Crippen molar-refractivity contribution in [3.8, 4) is 0 Å². The fraction of sp³-hybridized carbons (Fsp3) is 0.121. The van der Waals surface area contributed by atoms with Crippen molar-refractivity contribution in [1.29, 1.82) is 0 Å². The van der Waals surface area contributed by atoms with Crippen molar-refractivity contribution < 1.29 is 40.3 Å². The lowest BCUT2D eigenvalue weighted by Gasteiger charge is -2.30. The van der Waals surface area contributed by atoms with Crippen LogP contribution in [0.3, 0.4) is 0 Å². The third kappa shape index (κ3) is 6.16. The van der Waals surface area contributed by atoms with Crippen molar-refractivity contribution in [2.45, 2.75) is 22.6 Å². The second kappa shape index (κ2) is 12.9. The summed E-state index contributed by atoms with van der Waals surface area (Å²) in [6.07, 6.45) is 7.11. The van der Waals surface area contributed by atoms with Crippen molar-refractivity contribution in [3.63, 3.8) is 0 Å². The van der Waals surface area contributed by atoms with Crippen LogP contribution in [0.15, 0.2) is 138 Å². The first-order chi connectivity index (χ1) is 23.5. The maximum absolute atomic E-state index is 13.6. The van der Waals surface area contributed by atoms with Crippen molar-refractivity contribution >= 4 is 73.0 Å². The quantitative estimate of drug-likeness (QED) is 0.212. The summed E-state index contributed by atoms with van der Waals surface area (Å²) in [7, 11) is -6.86. The number of anilines is 2. The number of likely N-dealkylation sites (N-methyl/N-ethyl adjacent to an activating group) is 2. The first-order valence-corrected chi connectivity index (χ1v) is 19.2. The predicted octanol–water partition coefficient (Wildman–Crippen LogP) is 5.61. The predicted molar refractivity (Wildman–Crippen MR) is 190 cm³/mol. The van der Waals surface area contributed by atoms with E-state index in [0.29, 0.717) is 55.2 Å². The normalized spacial score (nSPS) is 21.4. The number of para-hydroxylation sites is 2. The van der Waals surface area contributed by atoms with Gasteiger partial charge in [0.05, 0.1) is 21.4 Å². The Kier molecular flexibility index (Phi) is 9.08. The molecule has 1 saturated heterocycles. The number of carbonyl (C=O) groups is 3. The smallest absolute Gasteiger partial charge is 0.292 e. The second-order valence-corrected chi connectivity index (χ2v) is 16.2. The number of nitrogens with zero attached hydrogens (tertiary/aromatic N) is 4. The molecule has 258 valence electrons. The molecule has 0 atom stereocenters. The van der Waals surface area contributed by atoms with E-state index in [1.165, 1.54) is 47.4 Å². The topological polar surface area (TPSA) is 173 Å². The van der Waals surface area contributed by atoms with Gasteiger partial charge in [0.1, 0.15) is 5.57 Å². The Morgan fingerprint density at radius 3 is 1.42 bits per heavy atom. The Hall–Kier alpha value is -4.65. The average molecular weight is 753 g/mol.